The normalized spacial score (nSPS) is 10.5. The highest BCUT2D eigenvalue weighted by Gasteiger charge is 2.17. The number of aromatic nitrogens is 1. The van der Waals surface area contributed by atoms with Crippen molar-refractivity contribution in [3.63, 3.8) is 0 Å². The van der Waals surface area contributed by atoms with Crippen LogP contribution in [0.2, 0.25) is 0 Å². The topological polar surface area (TPSA) is 77.5 Å². The summed E-state index contributed by atoms with van der Waals surface area (Å²) < 4.78 is 10.4. The molecule has 6 nitrogen and oxygen atoms in total. The fourth-order valence-electron chi connectivity index (χ4n) is 2.29. The molecule has 2 heterocycles. The first kappa shape index (κ1) is 19.1. The number of nitrogens with zero attached hydrogens (tertiary/aromatic N) is 1. The Bertz CT molecular complexity index is 961. The highest BCUT2D eigenvalue weighted by molar-refractivity contribution is 7.18. The van der Waals surface area contributed by atoms with Gasteiger partial charge in [-0.1, -0.05) is 17.7 Å². The van der Waals surface area contributed by atoms with Gasteiger partial charge in [0.05, 0.1) is 17.8 Å². The number of thiophene rings is 1. The van der Waals surface area contributed by atoms with Crippen LogP contribution in [-0.4, -0.2) is 24.0 Å². The number of esters is 1. The van der Waals surface area contributed by atoms with Crippen molar-refractivity contribution in [2.45, 2.75) is 20.5 Å². The zero-order chi connectivity index (χ0) is 19.4. The maximum absolute atomic E-state index is 12.5. The number of thiazole rings is 1. The molecule has 8 heteroatoms. The van der Waals surface area contributed by atoms with Crippen LogP contribution in [0.3, 0.4) is 0 Å². The number of anilines is 1. The third-order valence-corrected chi connectivity index (χ3v) is 5.77. The van der Waals surface area contributed by atoms with Gasteiger partial charge in [0, 0.05) is 0 Å². The summed E-state index contributed by atoms with van der Waals surface area (Å²) in [5, 5.41) is 4.09. The van der Waals surface area contributed by atoms with Gasteiger partial charge in [-0.2, -0.15) is 0 Å². The molecule has 0 spiro atoms. The molecule has 0 bridgehead atoms. The van der Waals surface area contributed by atoms with Crippen molar-refractivity contribution in [1.29, 1.82) is 0 Å². The smallest absolute Gasteiger partial charge is 0.348 e. The van der Waals surface area contributed by atoms with Crippen LogP contribution in [0.1, 0.15) is 35.6 Å². The summed E-state index contributed by atoms with van der Waals surface area (Å²) in [5.41, 5.74) is 1.81. The van der Waals surface area contributed by atoms with Crippen molar-refractivity contribution >= 4 is 39.6 Å². The summed E-state index contributed by atoms with van der Waals surface area (Å²) in [4.78, 5) is 29.4. The number of aryl methyl sites for hydroxylation is 2. The number of methoxy groups -OCH3 is 1. The molecule has 1 N–H and O–H groups in total. The predicted molar refractivity (Wildman–Crippen MR) is 106 cm³/mol. The highest BCUT2D eigenvalue weighted by Crippen LogP contribution is 2.26. The van der Waals surface area contributed by atoms with Gasteiger partial charge >= 0.3 is 5.97 Å². The largest absolute Gasteiger partial charge is 0.486 e. The van der Waals surface area contributed by atoms with E-state index in [4.69, 9.17) is 4.74 Å². The minimum absolute atomic E-state index is 0.259. The lowest BCUT2D eigenvalue weighted by molar-refractivity contribution is 0.0606. The van der Waals surface area contributed by atoms with Crippen LogP contribution in [0.25, 0.3) is 0 Å². The molecular formula is C19H18N2O4S2. The van der Waals surface area contributed by atoms with Crippen molar-refractivity contribution in [2.75, 3.05) is 12.4 Å². The van der Waals surface area contributed by atoms with Crippen molar-refractivity contribution in [2.24, 2.45) is 0 Å². The maximum Gasteiger partial charge on any atom is 0.348 e. The van der Waals surface area contributed by atoms with E-state index >= 15 is 0 Å². The lowest BCUT2D eigenvalue weighted by atomic mass is 10.2. The van der Waals surface area contributed by atoms with Crippen LogP contribution in [0.4, 0.5) is 5.00 Å². The Balaban J connectivity index is 1.64. The SMILES string of the molecule is COC(=O)c1ccc(NC(=O)c2sc(COc3ccc(C)cc3)nc2C)s1. The Kier molecular flexibility index (Phi) is 5.88. The number of hydrogen-bond acceptors (Lipinski definition) is 7. The molecule has 1 amide bonds. The molecule has 0 atom stereocenters. The molecule has 3 rings (SSSR count). The minimum atomic E-state index is -0.426. The number of amides is 1. The van der Waals surface area contributed by atoms with Crippen LogP contribution >= 0.6 is 22.7 Å². The Morgan fingerprint density at radius 3 is 2.52 bits per heavy atom. The summed E-state index contributed by atoms with van der Waals surface area (Å²) in [7, 11) is 1.32. The van der Waals surface area contributed by atoms with Gasteiger partial charge in [-0.15, -0.1) is 22.7 Å². The molecular weight excluding hydrogens is 384 g/mol. The van der Waals surface area contributed by atoms with Crippen molar-refractivity contribution in [3.05, 3.63) is 62.4 Å². The average Bonchev–Trinajstić information content (AvgIpc) is 3.27. The van der Waals surface area contributed by atoms with E-state index in [2.05, 4.69) is 15.0 Å². The van der Waals surface area contributed by atoms with E-state index < -0.39 is 5.97 Å². The monoisotopic (exact) mass is 402 g/mol. The average molecular weight is 402 g/mol. The summed E-state index contributed by atoms with van der Waals surface area (Å²) in [6.07, 6.45) is 0. The Morgan fingerprint density at radius 1 is 1.07 bits per heavy atom. The standard InChI is InChI=1S/C19H18N2O4S2/c1-11-4-6-13(7-5-11)25-10-16-20-12(2)17(27-16)18(22)21-15-9-8-14(26-15)19(23)24-3/h4-9H,10H2,1-3H3,(H,21,22). The number of hydrogen-bond donors (Lipinski definition) is 1. The van der Waals surface area contributed by atoms with E-state index in [1.165, 1.54) is 18.4 Å². The van der Waals surface area contributed by atoms with E-state index in [0.717, 1.165) is 27.7 Å². The molecule has 0 fully saturated rings. The third kappa shape index (κ3) is 4.72. The molecule has 0 saturated carbocycles. The first-order chi connectivity index (χ1) is 13.0. The van der Waals surface area contributed by atoms with Crippen molar-refractivity contribution < 1.29 is 19.1 Å². The number of ether oxygens (including phenoxy) is 2. The van der Waals surface area contributed by atoms with E-state index in [9.17, 15) is 9.59 Å². The third-order valence-electron chi connectivity index (χ3n) is 3.66. The van der Waals surface area contributed by atoms with Gasteiger partial charge < -0.3 is 14.8 Å². The molecule has 0 radical (unpaired) electrons. The lowest BCUT2D eigenvalue weighted by Gasteiger charge is -2.03. The molecule has 140 valence electrons. The van der Waals surface area contributed by atoms with Gasteiger partial charge in [-0.25, -0.2) is 9.78 Å². The summed E-state index contributed by atoms with van der Waals surface area (Å²) in [6.45, 7) is 4.10. The van der Waals surface area contributed by atoms with Crippen LogP contribution < -0.4 is 10.1 Å². The molecule has 0 aliphatic heterocycles. The Labute approximate surface area is 164 Å². The van der Waals surface area contributed by atoms with Crippen molar-refractivity contribution in [3.8, 4) is 5.75 Å². The minimum Gasteiger partial charge on any atom is -0.486 e. The summed E-state index contributed by atoms with van der Waals surface area (Å²) in [6, 6.07) is 11.0. The zero-order valence-electron chi connectivity index (χ0n) is 15.1. The quantitative estimate of drug-likeness (QED) is 0.617. The second-order valence-electron chi connectivity index (χ2n) is 5.73. The fraction of sp³-hybridized carbons (Fsp3) is 0.211. The fourth-order valence-corrected chi connectivity index (χ4v) is 3.98. The van der Waals surface area contributed by atoms with E-state index in [1.807, 2.05) is 31.2 Å². The molecule has 0 aliphatic rings. The number of carbonyl (C=O) groups is 2. The molecule has 0 unspecified atom stereocenters. The van der Waals surface area contributed by atoms with E-state index in [-0.39, 0.29) is 5.91 Å². The molecule has 27 heavy (non-hydrogen) atoms. The second kappa shape index (κ2) is 8.32. The van der Waals surface area contributed by atoms with Gasteiger partial charge in [-0.3, -0.25) is 4.79 Å². The van der Waals surface area contributed by atoms with Gasteiger partial charge in [0.1, 0.15) is 27.1 Å². The summed E-state index contributed by atoms with van der Waals surface area (Å²) >= 11 is 2.45. The molecule has 2 aromatic heterocycles. The predicted octanol–water partition coefficient (Wildman–Crippen LogP) is 4.44. The molecule has 0 aliphatic carbocycles. The van der Waals surface area contributed by atoms with Crippen molar-refractivity contribution in [1.82, 2.24) is 4.98 Å². The Hall–Kier alpha value is -2.71. The first-order valence-electron chi connectivity index (χ1n) is 8.11. The maximum atomic E-state index is 12.5. The van der Waals surface area contributed by atoms with Gasteiger partial charge in [0.25, 0.3) is 5.91 Å². The molecule has 3 aromatic rings. The van der Waals surface area contributed by atoms with Crippen LogP contribution in [0, 0.1) is 13.8 Å². The van der Waals surface area contributed by atoms with Crippen LogP contribution in [0.5, 0.6) is 5.75 Å². The summed E-state index contributed by atoms with van der Waals surface area (Å²) in [5.74, 6) is 0.0724. The number of benzene rings is 1. The van der Waals surface area contributed by atoms with Crippen LogP contribution in [-0.2, 0) is 11.3 Å². The van der Waals surface area contributed by atoms with E-state index in [1.54, 1.807) is 19.1 Å². The highest BCUT2D eigenvalue weighted by atomic mass is 32.1. The van der Waals surface area contributed by atoms with E-state index in [0.29, 0.717) is 27.1 Å². The number of carbonyl (C=O) groups excluding carboxylic acids is 2. The van der Waals surface area contributed by atoms with Gasteiger partial charge in [0.2, 0.25) is 0 Å². The number of nitrogens with one attached hydrogen (secondary N) is 1. The van der Waals surface area contributed by atoms with Gasteiger partial charge in [-0.05, 0) is 38.1 Å². The molecule has 0 saturated heterocycles. The Morgan fingerprint density at radius 2 is 1.81 bits per heavy atom. The van der Waals surface area contributed by atoms with Crippen LogP contribution in [0.15, 0.2) is 36.4 Å². The zero-order valence-corrected chi connectivity index (χ0v) is 16.7. The first-order valence-corrected chi connectivity index (χ1v) is 9.75. The lowest BCUT2D eigenvalue weighted by Crippen LogP contribution is -2.10. The molecule has 1 aromatic carbocycles. The van der Waals surface area contributed by atoms with Gasteiger partial charge in [0.15, 0.2) is 0 Å². The number of rotatable bonds is 6. The second-order valence-corrected chi connectivity index (χ2v) is 7.90.